The van der Waals surface area contributed by atoms with Crippen molar-refractivity contribution in [2.75, 3.05) is 39.4 Å². The Morgan fingerprint density at radius 3 is 2.78 bits per heavy atom. The average molecular weight is 373 g/mol. The Morgan fingerprint density at radius 2 is 2.00 bits per heavy atom. The van der Waals surface area contributed by atoms with E-state index in [0.717, 1.165) is 13.1 Å². The molecule has 1 unspecified atom stereocenters. The van der Waals surface area contributed by atoms with Gasteiger partial charge in [0, 0.05) is 49.8 Å². The quantitative estimate of drug-likeness (QED) is 0.827. The van der Waals surface area contributed by atoms with Gasteiger partial charge in [0.2, 0.25) is 5.67 Å². The van der Waals surface area contributed by atoms with Gasteiger partial charge in [-0.1, -0.05) is 18.2 Å². The van der Waals surface area contributed by atoms with Gasteiger partial charge >= 0.3 is 0 Å². The van der Waals surface area contributed by atoms with Crippen molar-refractivity contribution in [1.29, 1.82) is 0 Å². The van der Waals surface area contributed by atoms with Crippen molar-refractivity contribution in [2.24, 2.45) is 0 Å². The molecule has 1 aromatic heterocycles. The Labute approximate surface area is 159 Å². The third-order valence-corrected chi connectivity index (χ3v) is 5.81. The van der Waals surface area contributed by atoms with Gasteiger partial charge in [-0.05, 0) is 37.9 Å². The molecule has 0 bridgehead atoms. The zero-order valence-corrected chi connectivity index (χ0v) is 16.0. The van der Waals surface area contributed by atoms with Crippen LogP contribution in [0.15, 0.2) is 30.5 Å². The van der Waals surface area contributed by atoms with E-state index in [-0.39, 0.29) is 12.5 Å². The fraction of sp³-hybridized carbons (Fsp3) is 0.571. The molecular formula is C21H28FN3O2. The first-order chi connectivity index (χ1) is 13.1. The second-order valence-electron chi connectivity index (χ2n) is 7.64. The first-order valence-corrected chi connectivity index (χ1v) is 9.96. The van der Waals surface area contributed by atoms with Crippen LogP contribution in [0.3, 0.4) is 0 Å². The van der Waals surface area contributed by atoms with Crippen LogP contribution in [0.25, 0.3) is 10.9 Å². The molecule has 6 heteroatoms. The Hall–Kier alpha value is -1.92. The number of amides is 1. The zero-order chi connectivity index (χ0) is 18.9. The van der Waals surface area contributed by atoms with Crippen molar-refractivity contribution in [3.05, 3.63) is 36.0 Å². The van der Waals surface area contributed by atoms with Gasteiger partial charge in [-0.25, -0.2) is 4.39 Å². The molecule has 1 aromatic carbocycles. The molecule has 1 amide bonds. The van der Waals surface area contributed by atoms with E-state index in [4.69, 9.17) is 4.74 Å². The number of ether oxygens (including phenoxy) is 1. The summed E-state index contributed by atoms with van der Waals surface area (Å²) in [5.41, 5.74) is 0.636. The third-order valence-electron chi connectivity index (χ3n) is 5.81. The lowest BCUT2D eigenvalue weighted by Crippen LogP contribution is -2.57. The van der Waals surface area contributed by atoms with Gasteiger partial charge in [0.25, 0.3) is 5.91 Å². The van der Waals surface area contributed by atoms with Gasteiger partial charge in [-0.15, -0.1) is 0 Å². The number of morpholine rings is 1. The maximum atomic E-state index is 15.6. The van der Waals surface area contributed by atoms with E-state index in [1.807, 2.05) is 12.1 Å². The van der Waals surface area contributed by atoms with Gasteiger partial charge in [0.1, 0.15) is 0 Å². The summed E-state index contributed by atoms with van der Waals surface area (Å²) in [6, 6.07) is 8.35. The molecule has 0 radical (unpaired) electrons. The van der Waals surface area contributed by atoms with E-state index in [0.29, 0.717) is 45.7 Å². The number of fused-ring (bicyclic) bond motifs is 1. The van der Waals surface area contributed by atoms with Crippen LogP contribution in [0.2, 0.25) is 0 Å². The number of benzene rings is 1. The van der Waals surface area contributed by atoms with Gasteiger partial charge in [0.15, 0.2) is 0 Å². The van der Waals surface area contributed by atoms with Crippen molar-refractivity contribution in [3.8, 4) is 0 Å². The summed E-state index contributed by atoms with van der Waals surface area (Å²) in [4.78, 5) is 16.5. The summed E-state index contributed by atoms with van der Waals surface area (Å²) in [6.07, 6.45) is 3.19. The number of rotatable bonds is 4. The molecule has 2 aliphatic rings. The molecule has 2 aliphatic heterocycles. The lowest BCUT2D eigenvalue weighted by Gasteiger charge is -2.40. The van der Waals surface area contributed by atoms with E-state index < -0.39 is 5.67 Å². The summed E-state index contributed by atoms with van der Waals surface area (Å²) in [6.45, 7) is 6.71. The Morgan fingerprint density at radius 1 is 1.22 bits per heavy atom. The van der Waals surface area contributed by atoms with Crippen molar-refractivity contribution in [1.82, 2.24) is 14.4 Å². The van der Waals surface area contributed by atoms with E-state index >= 15 is 4.39 Å². The molecule has 0 N–H and O–H groups in total. The van der Waals surface area contributed by atoms with Crippen LogP contribution in [-0.4, -0.2) is 65.3 Å². The highest BCUT2D eigenvalue weighted by atomic mass is 19.1. The van der Waals surface area contributed by atoms with Crippen LogP contribution in [-0.2, 0) is 22.6 Å². The monoisotopic (exact) mass is 373 g/mol. The molecule has 0 aliphatic carbocycles. The minimum atomic E-state index is -1.78. The Balaban J connectivity index is 1.51. The predicted octanol–water partition coefficient (Wildman–Crippen LogP) is 2.82. The summed E-state index contributed by atoms with van der Waals surface area (Å²) in [5, 5.41) is 1.22. The normalized spacial score (nSPS) is 24.4. The highest BCUT2D eigenvalue weighted by Crippen LogP contribution is 2.30. The van der Waals surface area contributed by atoms with Gasteiger partial charge in [-0.2, -0.15) is 0 Å². The summed E-state index contributed by atoms with van der Waals surface area (Å²) < 4.78 is 23.1. The van der Waals surface area contributed by atoms with Crippen LogP contribution < -0.4 is 0 Å². The molecule has 5 nitrogen and oxygen atoms in total. The van der Waals surface area contributed by atoms with Gasteiger partial charge in [-0.3, -0.25) is 9.69 Å². The van der Waals surface area contributed by atoms with E-state index in [1.54, 1.807) is 4.90 Å². The lowest BCUT2D eigenvalue weighted by atomic mass is 9.92. The molecule has 2 aromatic rings. The van der Waals surface area contributed by atoms with Crippen molar-refractivity contribution < 1.29 is 13.9 Å². The number of halogens is 1. The number of carbonyl (C=O) groups excluding carboxylic acids is 1. The third kappa shape index (κ3) is 3.60. The van der Waals surface area contributed by atoms with Crippen molar-refractivity contribution in [2.45, 2.75) is 38.5 Å². The molecule has 4 rings (SSSR count). The second kappa shape index (κ2) is 7.60. The summed E-state index contributed by atoms with van der Waals surface area (Å²) >= 11 is 0. The molecule has 3 heterocycles. The number of alkyl halides is 1. The van der Waals surface area contributed by atoms with Gasteiger partial charge < -0.3 is 14.2 Å². The molecule has 0 saturated carbocycles. The predicted molar refractivity (Wildman–Crippen MR) is 103 cm³/mol. The van der Waals surface area contributed by atoms with E-state index in [2.05, 4.69) is 34.7 Å². The molecule has 1 atom stereocenters. The first-order valence-electron chi connectivity index (χ1n) is 9.96. The number of aryl methyl sites for hydroxylation is 1. The van der Waals surface area contributed by atoms with Crippen LogP contribution >= 0.6 is 0 Å². The zero-order valence-electron chi connectivity index (χ0n) is 16.0. The number of hydrogen-bond donors (Lipinski definition) is 0. The van der Waals surface area contributed by atoms with Crippen LogP contribution in [0.4, 0.5) is 4.39 Å². The molecule has 0 spiro atoms. The van der Waals surface area contributed by atoms with Crippen molar-refractivity contribution in [3.63, 3.8) is 0 Å². The number of hydrogen-bond acceptors (Lipinski definition) is 3. The molecule has 27 heavy (non-hydrogen) atoms. The number of nitrogens with zero attached hydrogens (tertiary/aromatic N) is 3. The fourth-order valence-electron chi connectivity index (χ4n) is 4.41. The Kier molecular flexibility index (Phi) is 5.19. The highest BCUT2D eigenvalue weighted by Gasteiger charge is 2.45. The van der Waals surface area contributed by atoms with Crippen LogP contribution in [0.1, 0.15) is 25.3 Å². The standard InChI is InChI=1S/C21H28FN3O2/c1-2-24-15-17(18-6-3-4-7-19(18)24)14-23-9-5-8-21(22,16-23)20(26)25-10-12-27-13-11-25/h3-4,6-7,15H,2,5,8-14,16H2,1H3. The minimum Gasteiger partial charge on any atom is -0.378 e. The molecule has 146 valence electrons. The molecule has 2 saturated heterocycles. The van der Waals surface area contributed by atoms with Crippen LogP contribution in [0, 0.1) is 0 Å². The summed E-state index contributed by atoms with van der Waals surface area (Å²) in [7, 11) is 0. The largest absolute Gasteiger partial charge is 0.378 e. The van der Waals surface area contributed by atoms with Crippen LogP contribution in [0.5, 0.6) is 0 Å². The second-order valence-corrected chi connectivity index (χ2v) is 7.64. The first kappa shape index (κ1) is 18.4. The number of aromatic nitrogens is 1. The SMILES string of the molecule is CCn1cc(CN2CCCC(F)(C(=O)N3CCOCC3)C2)c2ccccc21. The summed E-state index contributed by atoms with van der Waals surface area (Å²) in [5.74, 6) is -0.355. The van der Waals surface area contributed by atoms with Gasteiger partial charge in [0.05, 0.1) is 13.2 Å². The number of para-hydroxylation sites is 1. The number of piperidine rings is 1. The number of carbonyl (C=O) groups is 1. The van der Waals surface area contributed by atoms with E-state index in [1.165, 1.54) is 16.5 Å². The average Bonchev–Trinajstić information content (AvgIpc) is 3.06. The highest BCUT2D eigenvalue weighted by molar-refractivity contribution is 5.86. The molecular weight excluding hydrogens is 345 g/mol. The van der Waals surface area contributed by atoms with Crippen molar-refractivity contribution >= 4 is 16.8 Å². The minimum absolute atomic E-state index is 0.175. The smallest absolute Gasteiger partial charge is 0.261 e. The maximum Gasteiger partial charge on any atom is 0.261 e. The fourth-order valence-corrected chi connectivity index (χ4v) is 4.41. The maximum absolute atomic E-state index is 15.6. The topological polar surface area (TPSA) is 37.7 Å². The number of likely N-dealkylation sites (tertiary alicyclic amines) is 1. The Bertz CT molecular complexity index is 815. The lowest BCUT2D eigenvalue weighted by molar-refractivity contribution is -0.152. The molecule has 2 fully saturated rings. The van der Waals surface area contributed by atoms with E-state index in [9.17, 15) is 4.79 Å².